The molecule has 1 aliphatic heterocycles. The third kappa shape index (κ3) is 5.44. The minimum Gasteiger partial charge on any atom is -0.369 e. The molecule has 11 heteroatoms. The van der Waals surface area contributed by atoms with E-state index in [1.54, 1.807) is 18.2 Å². The van der Waals surface area contributed by atoms with E-state index in [4.69, 9.17) is 23.2 Å². The molecule has 6 rings (SSSR count). The van der Waals surface area contributed by atoms with Gasteiger partial charge in [0.2, 0.25) is 5.95 Å². The van der Waals surface area contributed by atoms with Gasteiger partial charge in [0.25, 0.3) is 5.56 Å². The number of fused-ring (bicyclic) bond motifs is 1. The monoisotopic (exact) mass is 587 g/mol. The van der Waals surface area contributed by atoms with Crippen molar-refractivity contribution in [1.29, 1.82) is 0 Å². The molecule has 0 bridgehead atoms. The van der Waals surface area contributed by atoms with Gasteiger partial charge in [0.15, 0.2) is 5.65 Å². The van der Waals surface area contributed by atoms with Crippen LogP contribution in [0.3, 0.4) is 0 Å². The second kappa shape index (κ2) is 11.4. The van der Waals surface area contributed by atoms with E-state index in [-0.39, 0.29) is 39.3 Å². The largest absolute Gasteiger partial charge is 0.369 e. The highest BCUT2D eigenvalue weighted by atomic mass is 35.5. The lowest BCUT2D eigenvalue weighted by molar-refractivity contribution is 0.313. The predicted molar refractivity (Wildman–Crippen MR) is 164 cm³/mol. The number of para-hydroxylation sites is 1. The number of benzene rings is 3. The predicted octanol–water partition coefficient (Wildman–Crippen LogP) is 4.79. The second-order valence-electron chi connectivity index (χ2n) is 9.96. The van der Waals surface area contributed by atoms with Crippen molar-refractivity contribution in [2.24, 2.45) is 0 Å². The minimum atomic E-state index is -0.609. The van der Waals surface area contributed by atoms with E-state index in [1.165, 1.54) is 10.8 Å². The summed E-state index contributed by atoms with van der Waals surface area (Å²) in [6.45, 7) is 4.19. The molecule has 9 nitrogen and oxygen atoms in total. The number of piperazine rings is 1. The fraction of sp³-hybridized carbons (Fsp3) is 0.200. The summed E-state index contributed by atoms with van der Waals surface area (Å²) in [5, 5.41) is 3.74. The molecule has 0 aliphatic carbocycles. The van der Waals surface area contributed by atoms with Crippen LogP contribution in [0.15, 0.2) is 88.6 Å². The van der Waals surface area contributed by atoms with E-state index < -0.39 is 11.2 Å². The molecule has 0 radical (unpaired) electrons. The van der Waals surface area contributed by atoms with Crippen molar-refractivity contribution in [3.05, 3.63) is 115 Å². The van der Waals surface area contributed by atoms with Crippen LogP contribution in [0.4, 0.5) is 17.3 Å². The van der Waals surface area contributed by atoms with Crippen LogP contribution in [0.1, 0.15) is 5.56 Å². The lowest BCUT2D eigenvalue weighted by atomic mass is 10.2. The molecule has 41 heavy (non-hydrogen) atoms. The number of likely N-dealkylation sites (N-methyl/N-ethyl adjacent to an activating group) is 1. The Balaban J connectivity index is 1.42. The number of halogens is 2. The quantitative estimate of drug-likeness (QED) is 0.305. The standard InChI is InChI=1S/C30H27Cl2N7O2/c1-36-14-16-37(17-15-36)22-12-10-21(11-13-22)34-29-33-18-23-27(35-29)38(19-20-6-3-2-4-7-20)30(41)39(28(23)40)26-24(31)8-5-9-25(26)32/h2-13,18H,14-17,19H2,1H3,(H,33,34,35). The zero-order valence-electron chi connectivity index (χ0n) is 22.3. The Labute approximate surface area is 246 Å². The molecule has 0 saturated carbocycles. The van der Waals surface area contributed by atoms with E-state index in [1.807, 2.05) is 42.5 Å². The highest BCUT2D eigenvalue weighted by Crippen LogP contribution is 2.27. The molecule has 1 saturated heterocycles. The van der Waals surface area contributed by atoms with Crippen LogP contribution in [0.5, 0.6) is 0 Å². The summed E-state index contributed by atoms with van der Waals surface area (Å²) in [4.78, 5) is 41.3. The van der Waals surface area contributed by atoms with Crippen LogP contribution in [0.25, 0.3) is 16.7 Å². The number of aromatic nitrogens is 4. The molecule has 5 aromatic rings. The van der Waals surface area contributed by atoms with Crippen molar-refractivity contribution >= 4 is 51.6 Å². The van der Waals surface area contributed by atoms with E-state index in [9.17, 15) is 9.59 Å². The van der Waals surface area contributed by atoms with Gasteiger partial charge < -0.3 is 15.1 Å². The van der Waals surface area contributed by atoms with Gasteiger partial charge in [-0.2, -0.15) is 4.98 Å². The molecule has 1 fully saturated rings. The van der Waals surface area contributed by atoms with Gasteiger partial charge in [0.1, 0.15) is 5.39 Å². The van der Waals surface area contributed by atoms with Crippen molar-refractivity contribution in [1.82, 2.24) is 24.0 Å². The SMILES string of the molecule is CN1CCN(c2ccc(Nc3ncc4c(=O)n(-c5c(Cl)cccc5Cl)c(=O)n(Cc5ccccc5)c4n3)cc2)CC1. The summed E-state index contributed by atoms with van der Waals surface area (Å²) in [7, 11) is 2.13. The minimum absolute atomic E-state index is 0.122. The van der Waals surface area contributed by atoms with Gasteiger partial charge in [0, 0.05) is 43.8 Å². The van der Waals surface area contributed by atoms with E-state index in [2.05, 4.69) is 44.3 Å². The maximum atomic E-state index is 13.9. The van der Waals surface area contributed by atoms with Crippen LogP contribution in [-0.4, -0.2) is 57.2 Å². The lowest BCUT2D eigenvalue weighted by Gasteiger charge is -2.34. The molecule has 0 amide bonds. The number of nitrogens with zero attached hydrogens (tertiary/aromatic N) is 6. The third-order valence-electron chi connectivity index (χ3n) is 7.22. The van der Waals surface area contributed by atoms with E-state index in [0.717, 1.165) is 47.7 Å². The Hall–Kier alpha value is -4.18. The first-order chi connectivity index (χ1) is 19.9. The summed E-state index contributed by atoms with van der Waals surface area (Å²) < 4.78 is 2.43. The Bertz CT molecular complexity index is 1810. The molecule has 1 aliphatic rings. The van der Waals surface area contributed by atoms with E-state index in [0.29, 0.717) is 0 Å². The summed E-state index contributed by atoms with van der Waals surface area (Å²) >= 11 is 12.8. The smallest absolute Gasteiger partial charge is 0.337 e. The Morgan fingerprint density at radius 2 is 1.54 bits per heavy atom. The molecule has 1 N–H and O–H groups in total. The zero-order valence-corrected chi connectivity index (χ0v) is 23.8. The molecule has 2 aromatic heterocycles. The average molecular weight is 588 g/mol. The summed E-state index contributed by atoms with van der Waals surface area (Å²) in [5.41, 5.74) is 1.91. The number of rotatable bonds is 6. The molecular weight excluding hydrogens is 561 g/mol. The van der Waals surface area contributed by atoms with Crippen molar-refractivity contribution < 1.29 is 0 Å². The summed E-state index contributed by atoms with van der Waals surface area (Å²) in [6.07, 6.45) is 1.42. The number of anilines is 3. The van der Waals surface area contributed by atoms with Gasteiger partial charge in [-0.1, -0.05) is 59.6 Å². The van der Waals surface area contributed by atoms with Gasteiger partial charge in [-0.25, -0.2) is 14.3 Å². The maximum Gasteiger partial charge on any atom is 0.337 e. The molecule has 208 valence electrons. The van der Waals surface area contributed by atoms with Crippen molar-refractivity contribution in [2.75, 3.05) is 43.4 Å². The molecule has 0 unspecified atom stereocenters. The van der Waals surface area contributed by atoms with Crippen LogP contribution in [-0.2, 0) is 6.54 Å². The maximum absolute atomic E-state index is 13.9. The van der Waals surface area contributed by atoms with Gasteiger partial charge in [0.05, 0.1) is 22.3 Å². The average Bonchev–Trinajstić information content (AvgIpc) is 2.98. The van der Waals surface area contributed by atoms with Gasteiger partial charge in [-0.3, -0.25) is 9.36 Å². The van der Waals surface area contributed by atoms with Crippen molar-refractivity contribution in [3.8, 4) is 5.69 Å². The summed E-state index contributed by atoms with van der Waals surface area (Å²) in [5.74, 6) is 0.263. The molecule has 3 aromatic carbocycles. The van der Waals surface area contributed by atoms with Crippen molar-refractivity contribution in [3.63, 3.8) is 0 Å². The fourth-order valence-electron chi connectivity index (χ4n) is 4.97. The van der Waals surface area contributed by atoms with E-state index >= 15 is 0 Å². The zero-order chi connectivity index (χ0) is 28.5. The number of nitrogens with one attached hydrogen (secondary N) is 1. The topological polar surface area (TPSA) is 88.3 Å². The van der Waals surface area contributed by atoms with Crippen LogP contribution < -0.4 is 21.5 Å². The third-order valence-corrected chi connectivity index (χ3v) is 7.83. The molecule has 3 heterocycles. The first-order valence-corrected chi connectivity index (χ1v) is 14.0. The number of hydrogen-bond acceptors (Lipinski definition) is 7. The van der Waals surface area contributed by atoms with Gasteiger partial charge in [-0.05, 0) is 49.0 Å². The molecule has 0 spiro atoms. The van der Waals surface area contributed by atoms with Crippen LogP contribution >= 0.6 is 23.2 Å². The van der Waals surface area contributed by atoms with Gasteiger partial charge >= 0.3 is 5.69 Å². The van der Waals surface area contributed by atoms with Crippen LogP contribution in [0.2, 0.25) is 10.0 Å². The first kappa shape index (κ1) is 27.0. The lowest BCUT2D eigenvalue weighted by Crippen LogP contribution is -2.44. The Morgan fingerprint density at radius 3 is 2.22 bits per heavy atom. The Kier molecular flexibility index (Phi) is 7.49. The summed E-state index contributed by atoms with van der Waals surface area (Å²) in [6, 6.07) is 22.3. The second-order valence-corrected chi connectivity index (χ2v) is 10.8. The highest BCUT2D eigenvalue weighted by Gasteiger charge is 2.21. The first-order valence-electron chi connectivity index (χ1n) is 13.2. The van der Waals surface area contributed by atoms with Gasteiger partial charge in [-0.15, -0.1) is 0 Å². The fourth-order valence-corrected chi connectivity index (χ4v) is 5.53. The van der Waals surface area contributed by atoms with Crippen LogP contribution in [0, 0.1) is 0 Å². The molecular formula is C30H27Cl2N7O2. The normalized spacial score (nSPS) is 14.0. The van der Waals surface area contributed by atoms with Crippen molar-refractivity contribution in [2.45, 2.75) is 6.54 Å². The highest BCUT2D eigenvalue weighted by molar-refractivity contribution is 6.37. The number of hydrogen-bond donors (Lipinski definition) is 1. The Morgan fingerprint density at radius 1 is 0.854 bits per heavy atom. The molecule has 0 atom stereocenters.